The first-order valence-corrected chi connectivity index (χ1v) is 9.82. The SMILES string of the molecule is Cn1cnc(S(=O)(=O)N2C[C@@H]3[C@H](O)C(=O)N(Cc4ccccc4)[C@@H]3C2)c1. The number of likely N-dealkylation sites (tertiary alicyclic amines) is 1. The van der Waals surface area contributed by atoms with E-state index in [1.54, 1.807) is 16.5 Å². The third-order valence-electron chi connectivity index (χ3n) is 5.12. The minimum atomic E-state index is -3.74. The smallest absolute Gasteiger partial charge is 0.262 e. The Hall–Kier alpha value is -2.23. The van der Waals surface area contributed by atoms with Crippen LogP contribution in [0.1, 0.15) is 5.56 Å². The maximum Gasteiger partial charge on any atom is 0.262 e. The molecule has 3 heterocycles. The summed E-state index contributed by atoms with van der Waals surface area (Å²) < 4.78 is 28.5. The van der Waals surface area contributed by atoms with Crippen molar-refractivity contribution >= 4 is 15.9 Å². The van der Waals surface area contributed by atoms with Crippen molar-refractivity contribution in [1.29, 1.82) is 0 Å². The molecular formula is C17H20N4O4S. The molecule has 2 aliphatic heterocycles. The Morgan fingerprint density at radius 3 is 2.62 bits per heavy atom. The highest BCUT2D eigenvalue weighted by molar-refractivity contribution is 7.89. The van der Waals surface area contributed by atoms with Gasteiger partial charge in [-0.1, -0.05) is 30.3 Å². The van der Waals surface area contributed by atoms with Crippen LogP contribution in [-0.4, -0.2) is 63.4 Å². The maximum atomic E-state index is 12.8. The summed E-state index contributed by atoms with van der Waals surface area (Å²) in [6.07, 6.45) is 1.71. The fourth-order valence-corrected chi connectivity index (χ4v) is 5.22. The highest BCUT2D eigenvalue weighted by Crippen LogP contribution is 2.36. The highest BCUT2D eigenvalue weighted by Gasteiger charge is 2.54. The van der Waals surface area contributed by atoms with Crippen LogP contribution in [0.25, 0.3) is 0 Å². The number of hydrogen-bond acceptors (Lipinski definition) is 5. The third kappa shape index (κ3) is 2.72. The lowest BCUT2D eigenvalue weighted by Gasteiger charge is -2.24. The van der Waals surface area contributed by atoms with Gasteiger partial charge in [0.2, 0.25) is 0 Å². The molecule has 2 saturated heterocycles. The predicted molar refractivity (Wildman–Crippen MR) is 92.2 cm³/mol. The molecule has 1 N–H and O–H groups in total. The number of aliphatic hydroxyl groups excluding tert-OH is 1. The first kappa shape index (κ1) is 17.2. The van der Waals surface area contributed by atoms with Gasteiger partial charge < -0.3 is 14.6 Å². The molecule has 2 fully saturated rings. The van der Waals surface area contributed by atoms with E-state index in [2.05, 4.69) is 4.98 Å². The molecule has 1 amide bonds. The standard InChI is InChI=1S/C17H20N4O4S/c1-19-10-15(18-11-19)26(24,25)20-8-13-14(9-20)21(17(23)16(13)22)7-12-5-3-2-4-6-12/h2-6,10-11,13-14,16,22H,7-9H2,1H3/t13-,14+,16-/m0/s1. The Balaban J connectivity index is 1.58. The molecule has 3 atom stereocenters. The van der Waals surface area contributed by atoms with Crippen LogP contribution in [0, 0.1) is 5.92 Å². The van der Waals surface area contributed by atoms with E-state index < -0.39 is 22.0 Å². The Labute approximate surface area is 151 Å². The number of sulfonamides is 1. The van der Waals surface area contributed by atoms with Gasteiger partial charge in [0.15, 0.2) is 5.03 Å². The number of rotatable bonds is 4. The average Bonchev–Trinajstić information content (AvgIpc) is 3.30. The fourth-order valence-electron chi connectivity index (χ4n) is 3.76. The number of nitrogens with zero attached hydrogens (tertiary/aromatic N) is 4. The zero-order valence-electron chi connectivity index (χ0n) is 14.3. The van der Waals surface area contributed by atoms with Gasteiger partial charge in [-0.3, -0.25) is 4.79 Å². The molecule has 9 heteroatoms. The van der Waals surface area contributed by atoms with E-state index in [1.807, 2.05) is 30.3 Å². The first-order chi connectivity index (χ1) is 12.4. The number of hydrogen-bond donors (Lipinski definition) is 1. The number of aromatic nitrogens is 2. The normalized spacial score (nSPS) is 26.5. The minimum Gasteiger partial charge on any atom is -0.383 e. The molecule has 0 unspecified atom stereocenters. The zero-order valence-corrected chi connectivity index (χ0v) is 15.1. The fraction of sp³-hybridized carbons (Fsp3) is 0.412. The van der Waals surface area contributed by atoms with Gasteiger partial charge in [0.05, 0.1) is 12.4 Å². The maximum absolute atomic E-state index is 12.8. The first-order valence-electron chi connectivity index (χ1n) is 8.38. The summed E-state index contributed by atoms with van der Waals surface area (Å²) in [6.45, 7) is 0.635. The molecule has 0 bridgehead atoms. The van der Waals surface area contributed by atoms with E-state index >= 15 is 0 Å². The van der Waals surface area contributed by atoms with Crippen molar-refractivity contribution in [2.24, 2.45) is 13.0 Å². The van der Waals surface area contributed by atoms with Gasteiger partial charge in [-0.2, -0.15) is 4.31 Å². The van der Waals surface area contributed by atoms with Crippen LogP contribution in [-0.2, 0) is 28.4 Å². The largest absolute Gasteiger partial charge is 0.383 e. The van der Waals surface area contributed by atoms with Gasteiger partial charge in [-0.15, -0.1) is 0 Å². The number of aliphatic hydroxyl groups is 1. The number of fused-ring (bicyclic) bond motifs is 1. The minimum absolute atomic E-state index is 0.0181. The molecule has 0 spiro atoms. The number of carbonyl (C=O) groups excluding carboxylic acids is 1. The highest BCUT2D eigenvalue weighted by atomic mass is 32.2. The van der Waals surface area contributed by atoms with Crippen LogP contribution in [0.15, 0.2) is 47.9 Å². The van der Waals surface area contributed by atoms with Crippen molar-refractivity contribution in [2.75, 3.05) is 13.1 Å². The van der Waals surface area contributed by atoms with Crippen LogP contribution in [0.2, 0.25) is 0 Å². The molecular weight excluding hydrogens is 356 g/mol. The predicted octanol–water partition coefficient (Wildman–Crippen LogP) is -0.187. The quantitative estimate of drug-likeness (QED) is 0.798. The van der Waals surface area contributed by atoms with Crippen LogP contribution in [0.3, 0.4) is 0 Å². The summed E-state index contributed by atoms with van der Waals surface area (Å²) in [5.74, 6) is -0.761. The van der Waals surface area contributed by atoms with E-state index in [9.17, 15) is 18.3 Å². The average molecular weight is 376 g/mol. The topological polar surface area (TPSA) is 95.7 Å². The second-order valence-corrected chi connectivity index (χ2v) is 8.71. The molecule has 4 rings (SSSR count). The molecule has 138 valence electrons. The second-order valence-electron chi connectivity index (χ2n) is 6.83. The van der Waals surface area contributed by atoms with Crippen molar-refractivity contribution in [3.8, 4) is 0 Å². The summed E-state index contributed by atoms with van der Waals surface area (Å²) in [4.78, 5) is 18.0. The molecule has 1 aromatic heterocycles. The van der Waals surface area contributed by atoms with Gasteiger partial charge in [0, 0.05) is 38.8 Å². The van der Waals surface area contributed by atoms with E-state index in [0.29, 0.717) is 6.54 Å². The van der Waals surface area contributed by atoms with E-state index in [-0.39, 0.29) is 30.1 Å². The van der Waals surface area contributed by atoms with Gasteiger partial charge in [0.25, 0.3) is 15.9 Å². The second kappa shape index (κ2) is 6.19. The number of carbonyl (C=O) groups is 1. The Morgan fingerprint density at radius 2 is 1.96 bits per heavy atom. The lowest BCUT2D eigenvalue weighted by molar-refractivity contribution is -0.136. The summed E-state index contributed by atoms with van der Waals surface area (Å²) in [5.41, 5.74) is 0.944. The summed E-state index contributed by atoms with van der Waals surface area (Å²) in [6, 6.07) is 9.14. The van der Waals surface area contributed by atoms with Crippen molar-refractivity contribution in [3.05, 3.63) is 48.4 Å². The van der Waals surface area contributed by atoms with Crippen molar-refractivity contribution < 1.29 is 18.3 Å². The van der Waals surface area contributed by atoms with Gasteiger partial charge in [-0.05, 0) is 5.56 Å². The third-order valence-corrected chi connectivity index (χ3v) is 6.84. The molecule has 8 nitrogen and oxygen atoms in total. The van der Waals surface area contributed by atoms with Crippen LogP contribution in [0.4, 0.5) is 0 Å². The lowest BCUT2D eigenvalue weighted by Crippen LogP contribution is -2.40. The van der Waals surface area contributed by atoms with Gasteiger partial charge >= 0.3 is 0 Å². The zero-order chi connectivity index (χ0) is 18.5. The molecule has 26 heavy (non-hydrogen) atoms. The molecule has 2 aliphatic rings. The van der Waals surface area contributed by atoms with Crippen molar-refractivity contribution in [2.45, 2.75) is 23.7 Å². The summed E-state index contributed by atoms with van der Waals surface area (Å²) >= 11 is 0. The summed E-state index contributed by atoms with van der Waals surface area (Å²) in [5, 5.41) is 10.3. The molecule has 2 aromatic rings. The molecule has 0 saturated carbocycles. The number of imidazole rings is 1. The molecule has 0 radical (unpaired) electrons. The number of benzene rings is 1. The van der Waals surface area contributed by atoms with Crippen molar-refractivity contribution in [1.82, 2.24) is 18.8 Å². The monoisotopic (exact) mass is 376 g/mol. The summed E-state index contributed by atoms with van der Waals surface area (Å²) in [7, 11) is -2.04. The van der Waals surface area contributed by atoms with Gasteiger partial charge in [-0.25, -0.2) is 13.4 Å². The van der Waals surface area contributed by atoms with Crippen LogP contribution >= 0.6 is 0 Å². The van der Waals surface area contributed by atoms with Crippen LogP contribution < -0.4 is 0 Å². The Kier molecular flexibility index (Phi) is 4.09. The van der Waals surface area contributed by atoms with E-state index in [4.69, 9.17) is 0 Å². The Morgan fingerprint density at radius 1 is 1.23 bits per heavy atom. The van der Waals surface area contributed by atoms with Crippen LogP contribution in [0.5, 0.6) is 0 Å². The molecule has 0 aliphatic carbocycles. The molecule has 1 aromatic carbocycles. The van der Waals surface area contributed by atoms with Crippen molar-refractivity contribution in [3.63, 3.8) is 0 Å². The van der Waals surface area contributed by atoms with E-state index in [0.717, 1.165) is 5.56 Å². The number of aryl methyl sites for hydroxylation is 1. The lowest BCUT2D eigenvalue weighted by atomic mass is 10.0. The van der Waals surface area contributed by atoms with E-state index in [1.165, 1.54) is 16.8 Å². The number of amides is 1. The van der Waals surface area contributed by atoms with Gasteiger partial charge in [0.1, 0.15) is 6.10 Å². The Bertz CT molecular complexity index is 927.